The lowest BCUT2D eigenvalue weighted by Gasteiger charge is -2.40. The number of nitrogens with zero attached hydrogens (tertiary/aromatic N) is 5. The summed E-state index contributed by atoms with van der Waals surface area (Å²) in [5, 5.41) is 18.6. The van der Waals surface area contributed by atoms with E-state index in [4.69, 9.17) is 24.2 Å². The first-order valence-corrected chi connectivity index (χ1v) is 11.8. The molecule has 2 aromatic heterocycles. The molecule has 2 fully saturated rings. The zero-order chi connectivity index (χ0) is 29.4. The number of hydrogen-bond donors (Lipinski definition) is 2. The van der Waals surface area contributed by atoms with Gasteiger partial charge in [-0.25, -0.2) is 9.59 Å². The number of likely N-dealkylation sites (tertiary alicyclic amines) is 1. The number of piperazine rings is 1. The maximum atomic E-state index is 10.6. The summed E-state index contributed by atoms with van der Waals surface area (Å²) in [6, 6.07) is 3.27. The number of aliphatic carboxylic acids is 2. The van der Waals surface area contributed by atoms with Gasteiger partial charge in [0.15, 0.2) is 0 Å². The molecule has 16 heteroatoms. The minimum atomic E-state index is -5.08. The van der Waals surface area contributed by atoms with Crippen molar-refractivity contribution in [3.63, 3.8) is 0 Å². The fourth-order valence-corrected chi connectivity index (χ4v) is 4.38. The number of hydrogen-bond acceptors (Lipinski definition) is 7. The molecule has 0 amide bonds. The summed E-state index contributed by atoms with van der Waals surface area (Å²) in [6.45, 7) is 6.86. The number of carboxylic acid groups (broad SMARTS) is 2. The minimum Gasteiger partial charge on any atom is -0.475 e. The van der Waals surface area contributed by atoms with Crippen molar-refractivity contribution in [2.45, 2.75) is 43.8 Å². The summed E-state index contributed by atoms with van der Waals surface area (Å²) < 4.78 is 70.7. The SMILES string of the molecule is CN1CCN([C@@H]2CCN(Cc3ccoc3)[C@H]2Cc2cnn(C)c2)CC1.O=C(O)C(F)(F)F.O=C(O)C(F)(F)F. The third-order valence-corrected chi connectivity index (χ3v) is 6.29. The molecular formula is C23H31F6N5O5. The molecule has 4 heterocycles. The Labute approximate surface area is 220 Å². The van der Waals surface area contributed by atoms with Crippen LogP contribution in [0.2, 0.25) is 0 Å². The number of aromatic nitrogens is 2. The van der Waals surface area contributed by atoms with Gasteiger partial charge >= 0.3 is 24.3 Å². The minimum absolute atomic E-state index is 0.544. The number of furan rings is 1. The molecular weight excluding hydrogens is 540 g/mol. The number of halogens is 6. The monoisotopic (exact) mass is 571 g/mol. The number of aryl methyl sites for hydroxylation is 1. The Morgan fingerprint density at radius 3 is 1.97 bits per heavy atom. The van der Waals surface area contributed by atoms with E-state index < -0.39 is 24.3 Å². The number of likely N-dealkylation sites (N-methyl/N-ethyl adjacent to an activating group) is 1. The Hall–Kier alpha value is -3.11. The zero-order valence-corrected chi connectivity index (χ0v) is 21.3. The van der Waals surface area contributed by atoms with Gasteiger partial charge in [-0.2, -0.15) is 31.4 Å². The molecule has 0 saturated carbocycles. The Morgan fingerprint density at radius 1 is 0.974 bits per heavy atom. The lowest BCUT2D eigenvalue weighted by Crippen LogP contribution is -2.53. The smallest absolute Gasteiger partial charge is 0.475 e. The summed E-state index contributed by atoms with van der Waals surface area (Å²) in [6.07, 6.45) is 0.00374. The molecule has 2 saturated heterocycles. The molecule has 10 nitrogen and oxygen atoms in total. The molecule has 2 N–H and O–H groups in total. The van der Waals surface area contributed by atoms with Crippen molar-refractivity contribution in [2.24, 2.45) is 7.05 Å². The average molecular weight is 572 g/mol. The van der Waals surface area contributed by atoms with Gasteiger partial charge < -0.3 is 19.5 Å². The van der Waals surface area contributed by atoms with E-state index in [1.807, 2.05) is 24.2 Å². The first kappa shape index (κ1) is 32.1. The fourth-order valence-electron chi connectivity index (χ4n) is 4.38. The highest BCUT2D eigenvalue weighted by molar-refractivity contribution is 5.73. The second-order valence-electron chi connectivity index (χ2n) is 9.20. The number of carboxylic acids is 2. The Morgan fingerprint density at radius 2 is 1.54 bits per heavy atom. The van der Waals surface area contributed by atoms with E-state index in [0.29, 0.717) is 12.1 Å². The highest BCUT2D eigenvalue weighted by Crippen LogP contribution is 2.28. The Bertz CT molecular complexity index is 1010. The highest BCUT2D eigenvalue weighted by atomic mass is 19.4. The number of alkyl halides is 6. The third-order valence-electron chi connectivity index (χ3n) is 6.29. The van der Waals surface area contributed by atoms with Gasteiger partial charge in [0.1, 0.15) is 0 Å². The summed E-state index contributed by atoms with van der Waals surface area (Å²) in [7, 11) is 4.23. The van der Waals surface area contributed by atoms with Crippen molar-refractivity contribution >= 4 is 11.9 Å². The predicted molar refractivity (Wildman–Crippen MR) is 125 cm³/mol. The van der Waals surface area contributed by atoms with E-state index in [0.717, 1.165) is 19.5 Å². The molecule has 2 aliphatic heterocycles. The van der Waals surface area contributed by atoms with Crippen LogP contribution in [0.3, 0.4) is 0 Å². The van der Waals surface area contributed by atoms with Crippen LogP contribution < -0.4 is 0 Å². The molecule has 2 atom stereocenters. The quantitative estimate of drug-likeness (QED) is 0.523. The molecule has 2 aromatic rings. The van der Waals surface area contributed by atoms with Gasteiger partial charge in [-0.3, -0.25) is 14.5 Å². The average Bonchev–Trinajstić information content (AvgIpc) is 3.58. The van der Waals surface area contributed by atoms with Crippen LogP contribution in [0.5, 0.6) is 0 Å². The van der Waals surface area contributed by atoms with E-state index in [2.05, 4.69) is 39.1 Å². The van der Waals surface area contributed by atoms with Crippen LogP contribution in [-0.2, 0) is 29.6 Å². The van der Waals surface area contributed by atoms with Crippen LogP contribution in [-0.4, -0.2) is 111 Å². The molecule has 220 valence electrons. The van der Waals surface area contributed by atoms with Crippen LogP contribution in [0.1, 0.15) is 17.5 Å². The van der Waals surface area contributed by atoms with E-state index in [-0.39, 0.29) is 0 Å². The third kappa shape index (κ3) is 10.5. The topological polar surface area (TPSA) is 115 Å². The molecule has 0 spiro atoms. The lowest BCUT2D eigenvalue weighted by atomic mass is 9.99. The molecule has 0 bridgehead atoms. The van der Waals surface area contributed by atoms with E-state index in [1.165, 1.54) is 43.7 Å². The summed E-state index contributed by atoms with van der Waals surface area (Å²) in [5.41, 5.74) is 2.61. The van der Waals surface area contributed by atoms with Gasteiger partial charge in [-0.1, -0.05) is 0 Å². The van der Waals surface area contributed by atoms with E-state index in [9.17, 15) is 26.3 Å². The van der Waals surface area contributed by atoms with Crippen molar-refractivity contribution in [3.05, 3.63) is 42.1 Å². The van der Waals surface area contributed by atoms with Crippen LogP contribution >= 0.6 is 0 Å². The normalized spacial score (nSPS) is 21.0. The molecule has 2 aliphatic rings. The number of carbonyl (C=O) groups is 2. The Kier molecular flexibility index (Phi) is 11.4. The standard InChI is InChI=1S/C19H29N5O.2C2HF3O2/c1-21-6-8-23(9-7-21)18-3-5-24(14-16-4-10-25-15-16)19(18)11-17-12-20-22(2)13-17;2*3-2(4,5)1(6)7/h4,10,12-13,15,18-19H,3,5-9,11,14H2,1-2H3;2*(H,6,7)/t18-,19+;;/m1../s1. The maximum absolute atomic E-state index is 10.6. The highest BCUT2D eigenvalue weighted by Gasteiger charge is 2.40. The van der Waals surface area contributed by atoms with Gasteiger partial charge in [0.2, 0.25) is 0 Å². The van der Waals surface area contributed by atoms with Crippen molar-refractivity contribution in [1.29, 1.82) is 0 Å². The summed E-state index contributed by atoms with van der Waals surface area (Å²) >= 11 is 0. The molecule has 0 aliphatic carbocycles. The van der Waals surface area contributed by atoms with E-state index >= 15 is 0 Å². The van der Waals surface area contributed by atoms with Gasteiger partial charge in [0.05, 0.1) is 18.7 Å². The van der Waals surface area contributed by atoms with Crippen molar-refractivity contribution in [2.75, 3.05) is 39.8 Å². The van der Waals surface area contributed by atoms with Gasteiger partial charge in [0.25, 0.3) is 0 Å². The second-order valence-corrected chi connectivity index (χ2v) is 9.20. The first-order valence-electron chi connectivity index (χ1n) is 11.8. The lowest BCUT2D eigenvalue weighted by molar-refractivity contribution is -0.193. The zero-order valence-electron chi connectivity index (χ0n) is 21.3. The summed E-state index contributed by atoms with van der Waals surface area (Å²) in [4.78, 5) is 25.6. The summed E-state index contributed by atoms with van der Waals surface area (Å²) in [5.74, 6) is -5.51. The molecule has 4 rings (SSSR count). The van der Waals surface area contributed by atoms with Crippen LogP contribution in [0, 0.1) is 0 Å². The first-order chi connectivity index (χ1) is 18.1. The van der Waals surface area contributed by atoms with Crippen LogP contribution in [0.4, 0.5) is 26.3 Å². The largest absolute Gasteiger partial charge is 0.490 e. The Balaban J connectivity index is 0.000000317. The maximum Gasteiger partial charge on any atom is 0.490 e. The second kappa shape index (κ2) is 13.8. The van der Waals surface area contributed by atoms with Crippen LogP contribution in [0.15, 0.2) is 35.4 Å². The van der Waals surface area contributed by atoms with E-state index in [1.54, 1.807) is 6.26 Å². The van der Waals surface area contributed by atoms with Gasteiger partial charge in [-0.15, -0.1) is 0 Å². The molecule has 0 aromatic carbocycles. The molecule has 0 unspecified atom stereocenters. The van der Waals surface area contributed by atoms with Gasteiger partial charge in [0, 0.05) is 70.2 Å². The number of rotatable bonds is 5. The van der Waals surface area contributed by atoms with Crippen LogP contribution in [0.25, 0.3) is 0 Å². The fraction of sp³-hybridized carbons (Fsp3) is 0.609. The van der Waals surface area contributed by atoms with Gasteiger partial charge in [-0.05, 0) is 31.5 Å². The predicted octanol–water partition coefficient (Wildman–Crippen LogP) is 2.71. The molecule has 0 radical (unpaired) electrons. The van der Waals surface area contributed by atoms with Crippen molar-refractivity contribution in [3.8, 4) is 0 Å². The van der Waals surface area contributed by atoms with Crippen molar-refractivity contribution < 1.29 is 50.6 Å². The molecule has 39 heavy (non-hydrogen) atoms. The van der Waals surface area contributed by atoms with Crippen molar-refractivity contribution in [1.82, 2.24) is 24.5 Å².